The summed E-state index contributed by atoms with van der Waals surface area (Å²) in [7, 11) is 1.57. The first-order valence-corrected chi connectivity index (χ1v) is 5.07. The summed E-state index contributed by atoms with van der Waals surface area (Å²) in [6.45, 7) is 3.46. The molecule has 1 aromatic heterocycles. The summed E-state index contributed by atoms with van der Waals surface area (Å²) in [5.74, 6) is 0. The number of anilines is 1. The van der Waals surface area contributed by atoms with E-state index in [9.17, 15) is 4.79 Å². The van der Waals surface area contributed by atoms with Crippen LogP contribution >= 0.6 is 11.6 Å². The van der Waals surface area contributed by atoms with Crippen molar-refractivity contribution in [3.05, 3.63) is 21.6 Å². The van der Waals surface area contributed by atoms with Crippen molar-refractivity contribution in [3.8, 4) is 0 Å². The number of nitrogens with one attached hydrogen (secondary N) is 1. The van der Waals surface area contributed by atoms with Gasteiger partial charge in [0.15, 0.2) is 0 Å². The maximum Gasteiger partial charge on any atom is 0.287 e. The van der Waals surface area contributed by atoms with Crippen molar-refractivity contribution >= 4 is 17.3 Å². The molecule has 1 heterocycles. The maximum absolute atomic E-state index is 11.6. The predicted molar refractivity (Wildman–Crippen MR) is 59.5 cm³/mol. The molecule has 0 bridgehead atoms. The zero-order valence-electron chi connectivity index (χ0n) is 8.79. The summed E-state index contributed by atoms with van der Waals surface area (Å²) in [5.41, 5.74) is 0.269. The molecule has 0 spiro atoms. The van der Waals surface area contributed by atoms with Crippen LogP contribution in [0, 0.1) is 0 Å². The average Bonchev–Trinajstić information content (AvgIpc) is 2.24. The van der Waals surface area contributed by atoms with Crippen molar-refractivity contribution in [3.63, 3.8) is 0 Å². The van der Waals surface area contributed by atoms with Gasteiger partial charge >= 0.3 is 0 Å². The summed E-state index contributed by atoms with van der Waals surface area (Å²) in [6, 6.07) is 0. The van der Waals surface area contributed by atoms with Gasteiger partial charge in [-0.3, -0.25) is 4.79 Å². The summed E-state index contributed by atoms with van der Waals surface area (Å²) >= 11 is 5.88. The van der Waals surface area contributed by atoms with Gasteiger partial charge in [0.25, 0.3) is 5.56 Å². The molecular weight excluding hydrogens is 218 g/mol. The second-order valence-corrected chi connectivity index (χ2v) is 3.30. The number of methoxy groups -OCH3 is 1. The second kappa shape index (κ2) is 5.72. The van der Waals surface area contributed by atoms with Gasteiger partial charge in [0, 0.05) is 13.7 Å². The van der Waals surface area contributed by atoms with Gasteiger partial charge in [-0.15, -0.1) is 0 Å². The summed E-state index contributed by atoms with van der Waals surface area (Å²) in [6.07, 6.45) is 1.54. The smallest absolute Gasteiger partial charge is 0.287 e. The molecule has 0 aromatic carbocycles. The van der Waals surface area contributed by atoms with E-state index < -0.39 is 0 Å². The minimum atomic E-state index is -0.299. The highest BCUT2D eigenvalue weighted by Crippen LogP contribution is 2.14. The van der Waals surface area contributed by atoms with Crippen LogP contribution in [-0.2, 0) is 11.3 Å². The zero-order valence-corrected chi connectivity index (χ0v) is 9.54. The molecule has 0 unspecified atom stereocenters. The molecule has 0 aliphatic rings. The Morgan fingerprint density at radius 1 is 1.67 bits per heavy atom. The van der Waals surface area contributed by atoms with E-state index in [2.05, 4.69) is 10.4 Å². The van der Waals surface area contributed by atoms with Gasteiger partial charge in [-0.1, -0.05) is 11.6 Å². The Kier molecular flexibility index (Phi) is 4.58. The topological polar surface area (TPSA) is 56.1 Å². The van der Waals surface area contributed by atoms with Crippen LogP contribution in [0.3, 0.4) is 0 Å². The standard InChI is InChI=1S/C9H14ClN3O2/c1-3-11-7-6-12-13(4-5-15-2)9(14)8(7)10/h6,11H,3-5H2,1-2H3. The summed E-state index contributed by atoms with van der Waals surface area (Å²) < 4.78 is 6.14. The summed E-state index contributed by atoms with van der Waals surface area (Å²) in [5, 5.41) is 7.10. The highest BCUT2D eigenvalue weighted by molar-refractivity contribution is 6.32. The van der Waals surface area contributed by atoms with E-state index in [-0.39, 0.29) is 10.6 Å². The molecule has 0 aliphatic heterocycles. The lowest BCUT2D eigenvalue weighted by molar-refractivity contribution is 0.182. The van der Waals surface area contributed by atoms with Crippen LogP contribution in [0.4, 0.5) is 5.69 Å². The number of rotatable bonds is 5. The average molecular weight is 232 g/mol. The highest BCUT2D eigenvalue weighted by Gasteiger charge is 2.07. The lowest BCUT2D eigenvalue weighted by Gasteiger charge is -2.08. The van der Waals surface area contributed by atoms with Gasteiger partial charge in [-0.2, -0.15) is 5.10 Å². The van der Waals surface area contributed by atoms with Crippen molar-refractivity contribution in [2.24, 2.45) is 0 Å². The molecule has 0 aliphatic carbocycles. The number of hydrogen-bond acceptors (Lipinski definition) is 4. The molecule has 6 heteroatoms. The Morgan fingerprint density at radius 3 is 3.00 bits per heavy atom. The maximum atomic E-state index is 11.6. The molecule has 1 rings (SSSR count). The minimum absolute atomic E-state index is 0.169. The van der Waals surface area contributed by atoms with Gasteiger partial charge < -0.3 is 10.1 Å². The third kappa shape index (κ3) is 2.94. The molecule has 0 radical (unpaired) electrons. The molecule has 5 nitrogen and oxygen atoms in total. The Labute approximate surface area is 93.0 Å². The highest BCUT2D eigenvalue weighted by atomic mass is 35.5. The van der Waals surface area contributed by atoms with Gasteiger partial charge in [0.2, 0.25) is 0 Å². The zero-order chi connectivity index (χ0) is 11.3. The number of halogens is 1. The number of ether oxygens (including phenoxy) is 1. The van der Waals surface area contributed by atoms with Gasteiger partial charge in [-0.05, 0) is 6.92 Å². The van der Waals surface area contributed by atoms with Crippen LogP contribution < -0.4 is 10.9 Å². The Morgan fingerprint density at radius 2 is 2.40 bits per heavy atom. The molecule has 0 saturated heterocycles. The van der Waals surface area contributed by atoms with Crippen LogP contribution in [-0.4, -0.2) is 30.0 Å². The van der Waals surface area contributed by atoms with Crippen LogP contribution in [0.5, 0.6) is 0 Å². The van der Waals surface area contributed by atoms with E-state index in [4.69, 9.17) is 16.3 Å². The van der Waals surface area contributed by atoms with E-state index in [0.717, 1.165) is 0 Å². The molecule has 0 fully saturated rings. The second-order valence-electron chi connectivity index (χ2n) is 2.92. The van der Waals surface area contributed by atoms with Crippen molar-refractivity contribution < 1.29 is 4.74 Å². The van der Waals surface area contributed by atoms with Gasteiger partial charge in [0.05, 0.1) is 25.0 Å². The van der Waals surface area contributed by atoms with Crippen molar-refractivity contribution in [2.75, 3.05) is 25.6 Å². The Hall–Kier alpha value is -1.07. The third-order valence-electron chi connectivity index (χ3n) is 1.86. The van der Waals surface area contributed by atoms with Crippen LogP contribution in [0.1, 0.15) is 6.92 Å². The normalized spacial score (nSPS) is 10.3. The number of nitrogens with zero attached hydrogens (tertiary/aromatic N) is 2. The molecular formula is C9H14ClN3O2. The van der Waals surface area contributed by atoms with Crippen molar-refractivity contribution in [1.82, 2.24) is 9.78 Å². The van der Waals surface area contributed by atoms with E-state index in [1.807, 2.05) is 6.92 Å². The number of aromatic nitrogens is 2. The van der Waals surface area contributed by atoms with Crippen molar-refractivity contribution in [2.45, 2.75) is 13.5 Å². The molecule has 0 atom stereocenters. The third-order valence-corrected chi connectivity index (χ3v) is 2.22. The van der Waals surface area contributed by atoms with Crippen molar-refractivity contribution in [1.29, 1.82) is 0 Å². The number of hydrogen-bond donors (Lipinski definition) is 1. The predicted octanol–water partition coefficient (Wildman–Crippen LogP) is 0.975. The van der Waals surface area contributed by atoms with Crippen LogP contribution in [0.25, 0.3) is 0 Å². The van der Waals surface area contributed by atoms with E-state index in [0.29, 0.717) is 25.4 Å². The van der Waals surface area contributed by atoms with Crippen LogP contribution in [0.2, 0.25) is 5.02 Å². The SMILES string of the molecule is CCNc1cnn(CCOC)c(=O)c1Cl. The summed E-state index contributed by atoms with van der Waals surface area (Å²) in [4.78, 5) is 11.6. The molecule has 0 saturated carbocycles. The first-order chi connectivity index (χ1) is 7.20. The fraction of sp³-hybridized carbons (Fsp3) is 0.556. The lowest BCUT2D eigenvalue weighted by atomic mass is 10.4. The largest absolute Gasteiger partial charge is 0.383 e. The lowest BCUT2D eigenvalue weighted by Crippen LogP contribution is -2.26. The minimum Gasteiger partial charge on any atom is -0.383 e. The van der Waals surface area contributed by atoms with E-state index in [1.165, 1.54) is 4.68 Å². The fourth-order valence-electron chi connectivity index (χ4n) is 1.12. The Balaban J connectivity index is 2.94. The van der Waals surface area contributed by atoms with Gasteiger partial charge in [-0.25, -0.2) is 4.68 Å². The van der Waals surface area contributed by atoms with Crippen LogP contribution in [0.15, 0.2) is 11.0 Å². The molecule has 1 aromatic rings. The first-order valence-electron chi connectivity index (χ1n) is 4.69. The first kappa shape index (κ1) is 12.0. The molecule has 15 heavy (non-hydrogen) atoms. The van der Waals surface area contributed by atoms with E-state index in [1.54, 1.807) is 13.3 Å². The molecule has 1 N–H and O–H groups in total. The monoisotopic (exact) mass is 231 g/mol. The Bertz CT molecular complexity index is 378. The fourth-order valence-corrected chi connectivity index (χ4v) is 1.33. The quantitative estimate of drug-likeness (QED) is 0.821. The molecule has 84 valence electrons. The molecule has 0 amide bonds. The van der Waals surface area contributed by atoms with E-state index >= 15 is 0 Å². The van der Waals surface area contributed by atoms with Gasteiger partial charge in [0.1, 0.15) is 5.02 Å².